The van der Waals surface area contributed by atoms with E-state index in [2.05, 4.69) is 6.08 Å². The standard InChI is InChI=1S/C22H30O4S/c23-17(14-16-6-2-1-3-7-16)9-10-18-19(21-12-11-20(18)26-21)15-27-13-5-4-8-22(24)25/h1-3,6-7,9-10,17-21,23H,4-5,8,11-15H2,(H,24,25)/t17?,18-,19+,20-,21+/m1/s1. The maximum Gasteiger partial charge on any atom is 0.303 e. The minimum absolute atomic E-state index is 0.266. The van der Waals surface area contributed by atoms with Crippen LogP contribution in [0.25, 0.3) is 0 Å². The number of carboxylic acid groups (broad SMARTS) is 1. The predicted octanol–water partition coefficient (Wildman–Crippen LogP) is 3.93. The van der Waals surface area contributed by atoms with Crippen molar-refractivity contribution in [3.63, 3.8) is 0 Å². The van der Waals surface area contributed by atoms with Gasteiger partial charge in [-0.15, -0.1) is 0 Å². The summed E-state index contributed by atoms with van der Waals surface area (Å²) in [6, 6.07) is 10.1. The maximum atomic E-state index is 10.6. The second-order valence-corrected chi connectivity index (χ2v) is 8.75. The molecule has 2 fully saturated rings. The Bertz CT molecular complexity index is 618. The zero-order valence-corrected chi connectivity index (χ0v) is 16.5. The lowest BCUT2D eigenvalue weighted by atomic mass is 9.80. The van der Waals surface area contributed by atoms with Gasteiger partial charge in [0.15, 0.2) is 0 Å². The van der Waals surface area contributed by atoms with E-state index in [1.54, 1.807) is 0 Å². The molecule has 1 aromatic carbocycles. The van der Waals surface area contributed by atoms with Crippen LogP contribution in [0.2, 0.25) is 0 Å². The number of carboxylic acids is 1. The predicted molar refractivity (Wildman–Crippen MR) is 109 cm³/mol. The number of aliphatic hydroxyl groups excluding tert-OH is 1. The number of benzene rings is 1. The second-order valence-electron chi connectivity index (χ2n) is 7.60. The fourth-order valence-electron chi connectivity index (χ4n) is 4.18. The largest absolute Gasteiger partial charge is 0.481 e. The highest BCUT2D eigenvalue weighted by atomic mass is 32.2. The molecule has 5 atom stereocenters. The molecule has 4 nitrogen and oxygen atoms in total. The molecule has 0 saturated carbocycles. The zero-order valence-electron chi connectivity index (χ0n) is 15.7. The Morgan fingerprint density at radius 3 is 2.78 bits per heavy atom. The Labute approximate surface area is 166 Å². The van der Waals surface area contributed by atoms with Crippen molar-refractivity contribution in [3.8, 4) is 0 Å². The van der Waals surface area contributed by atoms with Crippen LogP contribution in [-0.2, 0) is 16.0 Å². The summed E-state index contributed by atoms with van der Waals surface area (Å²) in [5, 5.41) is 19.1. The van der Waals surface area contributed by atoms with E-state index in [0.29, 0.717) is 30.5 Å². The van der Waals surface area contributed by atoms with Gasteiger partial charge >= 0.3 is 5.97 Å². The molecule has 148 valence electrons. The Morgan fingerprint density at radius 1 is 1.22 bits per heavy atom. The SMILES string of the molecule is O=C(O)CCCCSC[C@H]1[C@@H](C=CC(O)Cc2ccccc2)[C@H]2CC[C@@H]1O2. The molecule has 0 spiro atoms. The molecule has 2 aliphatic heterocycles. The third-order valence-electron chi connectivity index (χ3n) is 5.57. The van der Waals surface area contributed by atoms with Crippen LogP contribution in [0.3, 0.4) is 0 Å². The summed E-state index contributed by atoms with van der Waals surface area (Å²) in [6.45, 7) is 0. The fourth-order valence-corrected chi connectivity index (χ4v) is 5.46. The van der Waals surface area contributed by atoms with Crippen molar-refractivity contribution < 1.29 is 19.7 Å². The summed E-state index contributed by atoms with van der Waals surface area (Å²) in [7, 11) is 0. The third kappa shape index (κ3) is 6.09. The fraction of sp³-hybridized carbons (Fsp3) is 0.591. The first kappa shape index (κ1) is 20.4. The molecular weight excluding hydrogens is 360 g/mol. The first-order valence-electron chi connectivity index (χ1n) is 9.99. The van der Waals surface area contributed by atoms with E-state index < -0.39 is 12.1 Å². The van der Waals surface area contributed by atoms with Gasteiger partial charge in [0.05, 0.1) is 18.3 Å². The number of thioether (sulfide) groups is 1. The quantitative estimate of drug-likeness (QED) is 0.443. The van der Waals surface area contributed by atoms with Crippen LogP contribution >= 0.6 is 11.8 Å². The number of ether oxygens (including phenoxy) is 1. The molecule has 2 N–H and O–H groups in total. The molecule has 27 heavy (non-hydrogen) atoms. The molecule has 0 amide bonds. The summed E-state index contributed by atoms with van der Waals surface area (Å²) < 4.78 is 6.13. The minimum atomic E-state index is -0.708. The lowest BCUT2D eigenvalue weighted by Crippen LogP contribution is -2.28. The molecule has 5 heteroatoms. The van der Waals surface area contributed by atoms with Gasteiger partial charge in [-0.2, -0.15) is 11.8 Å². The van der Waals surface area contributed by atoms with Gasteiger partial charge in [0.2, 0.25) is 0 Å². The van der Waals surface area contributed by atoms with Gasteiger partial charge in [0.25, 0.3) is 0 Å². The zero-order chi connectivity index (χ0) is 19.1. The van der Waals surface area contributed by atoms with E-state index in [-0.39, 0.29) is 6.42 Å². The highest BCUT2D eigenvalue weighted by Crippen LogP contribution is 2.45. The average Bonchev–Trinajstić information content (AvgIpc) is 3.25. The molecule has 0 aromatic heterocycles. The van der Waals surface area contributed by atoms with Crippen molar-refractivity contribution in [1.82, 2.24) is 0 Å². The van der Waals surface area contributed by atoms with E-state index in [1.807, 2.05) is 48.2 Å². The van der Waals surface area contributed by atoms with Gasteiger partial charge in [0.1, 0.15) is 0 Å². The Kier molecular flexibility index (Phi) is 7.80. The molecular formula is C22H30O4S. The number of aliphatic hydroxyl groups is 1. The third-order valence-corrected chi connectivity index (χ3v) is 6.77. The van der Waals surface area contributed by atoms with Crippen molar-refractivity contribution >= 4 is 17.7 Å². The van der Waals surface area contributed by atoms with Crippen molar-refractivity contribution in [3.05, 3.63) is 48.0 Å². The van der Waals surface area contributed by atoms with Crippen molar-refractivity contribution in [2.75, 3.05) is 11.5 Å². The molecule has 0 aliphatic carbocycles. The van der Waals surface area contributed by atoms with Crippen LogP contribution in [-0.4, -0.2) is 46.0 Å². The van der Waals surface area contributed by atoms with Crippen LogP contribution in [0, 0.1) is 11.8 Å². The number of rotatable bonds is 11. The van der Waals surface area contributed by atoms with Crippen LogP contribution in [0.5, 0.6) is 0 Å². The normalized spacial score (nSPS) is 28.0. The average molecular weight is 391 g/mol. The molecule has 2 bridgehead atoms. The van der Waals surface area contributed by atoms with E-state index >= 15 is 0 Å². The molecule has 0 radical (unpaired) electrons. The van der Waals surface area contributed by atoms with Gasteiger partial charge in [-0.3, -0.25) is 4.79 Å². The first-order chi connectivity index (χ1) is 13.1. The van der Waals surface area contributed by atoms with E-state index in [1.165, 1.54) is 0 Å². The number of hydrogen-bond acceptors (Lipinski definition) is 4. The van der Waals surface area contributed by atoms with Crippen LogP contribution in [0.4, 0.5) is 0 Å². The Hall–Kier alpha value is -1.30. The lowest BCUT2D eigenvalue weighted by molar-refractivity contribution is -0.137. The number of aliphatic carboxylic acids is 1. The maximum absolute atomic E-state index is 10.6. The molecule has 2 aliphatic rings. The van der Waals surface area contributed by atoms with Crippen LogP contribution < -0.4 is 0 Å². The summed E-state index contributed by atoms with van der Waals surface area (Å²) in [5.74, 6) is 2.25. The monoisotopic (exact) mass is 390 g/mol. The molecule has 2 heterocycles. The minimum Gasteiger partial charge on any atom is -0.481 e. The molecule has 3 rings (SSSR count). The summed E-state index contributed by atoms with van der Waals surface area (Å²) in [6.07, 6.45) is 9.20. The van der Waals surface area contributed by atoms with Gasteiger partial charge in [-0.25, -0.2) is 0 Å². The van der Waals surface area contributed by atoms with Gasteiger partial charge in [-0.1, -0.05) is 42.5 Å². The van der Waals surface area contributed by atoms with Gasteiger partial charge in [0, 0.05) is 24.7 Å². The highest BCUT2D eigenvalue weighted by molar-refractivity contribution is 7.99. The number of fused-ring (bicyclic) bond motifs is 2. The number of hydrogen-bond donors (Lipinski definition) is 2. The van der Waals surface area contributed by atoms with Crippen molar-refractivity contribution in [2.24, 2.45) is 11.8 Å². The van der Waals surface area contributed by atoms with Gasteiger partial charge in [-0.05, 0) is 42.8 Å². The second kappa shape index (κ2) is 10.3. The van der Waals surface area contributed by atoms with Crippen molar-refractivity contribution in [2.45, 2.75) is 56.8 Å². The topological polar surface area (TPSA) is 66.8 Å². The van der Waals surface area contributed by atoms with Crippen LogP contribution in [0.1, 0.15) is 37.7 Å². The summed E-state index contributed by atoms with van der Waals surface area (Å²) in [4.78, 5) is 10.6. The van der Waals surface area contributed by atoms with E-state index in [4.69, 9.17) is 9.84 Å². The molecule has 1 unspecified atom stereocenters. The van der Waals surface area contributed by atoms with E-state index in [9.17, 15) is 9.90 Å². The molecule has 2 saturated heterocycles. The van der Waals surface area contributed by atoms with Crippen LogP contribution in [0.15, 0.2) is 42.5 Å². The van der Waals surface area contributed by atoms with Crippen molar-refractivity contribution in [1.29, 1.82) is 0 Å². The van der Waals surface area contributed by atoms with E-state index in [0.717, 1.165) is 42.8 Å². The first-order valence-corrected chi connectivity index (χ1v) is 11.1. The molecule has 1 aromatic rings. The Morgan fingerprint density at radius 2 is 2.00 bits per heavy atom. The number of unbranched alkanes of at least 4 members (excludes halogenated alkanes) is 1. The van der Waals surface area contributed by atoms with Gasteiger partial charge < -0.3 is 14.9 Å². The highest BCUT2D eigenvalue weighted by Gasteiger charge is 2.47. The number of carbonyl (C=O) groups is 1. The Balaban J connectivity index is 1.45. The lowest BCUT2D eigenvalue weighted by Gasteiger charge is -2.25. The summed E-state index contributed by atoms with van der Waals surface area (Å²) >= 11 is 1.91. The summed E-state index contributed by atoms with van der Waals surface area (Å²) in [5.41, 5.74) is 1.15. The smallest absolute Gasteiger partial charge is 0.303 e.